The van der Waals surface area contributed by atoms with Crippen LogP contribution >= 0.6 is 0 Å². The molecule has 11 heavy (non-hydrogen) atoms. The molecule has 0 aromatic heterocycles. The van der Waals surface area contributed by atoms with E-state index in [9.17, 15) is 0 Å². The van der Waals surface area contributed by atoms with E-state index in [2.05, 4.69) is 5.32 Å². The standard InChI is InChI=1S/C7H15NO3/c9-7(10)2-1-6-5-8-3-4-11-6/h6-10H,1-5H2. The maximum absolute atomic E-state index is 8.56. The molecule has 1 rings (SSSR count). The molecule has 1 fully saturated rings. The fourth-order valence-corrected chi connectivity index (χ4v) is 1.14. The second-order valence-electron chi connectivity index (χ2n) is 2.75. The van der Waals surface area contributed by atoms with Crippen molar-refractivity contribution in [3.05, 3.63) is 0 Å². The highest BCUT2D eigenvalue weighted by Crippen LogP contribution is 2.05. The molecule has 0 saturated carbocycles. The molecule has 1 heterocycles. The highest BCUT2D eigenvalue weighted by molar-refractivity contribution is 4.66. The molecular weight excluding hydrogens is 146 g/mol. The molecule has 1 atom stereocenters. The molecule has 1 unspecified atom stereocenters. The van der Waals surface area contributed by atoms with Crippen LogP contribution in [0.5, 0.6) is 0 Å². The van der Waals surface area contributed by atoms with Crippen LogP contribution in [0.1, 0.15) is 12.8 Å². The summed E-state index contributed by atoms with van der Waals surface area (Å²) in [6.45, 7) is 2.46. The summed E-state index contributed by atoms with van der Waals surface area (Å²) < 4.78 is 5.34. The van der Waals surface area contributed by atoms with Crippen LogP contribution in [0.4, 0.5) is 0 Å². The zero-order chi connectivity index (χ0) is 8.10. The molecule has 0 aromatic rings. The van der Waals surface area contributed by atoms with E-state index in [1.807, 2.05) is 0 Å². The van der Waals surface area contributed by atoms with Crippen molar-refractivity contribution in [2.45, 2.75) is 25.2 Å². The van der Waals surface area contributed by atoms with Gasteiger partial charge in [0.05, 0.1) is 12.7 Å². The molecule has 0 amide bonds. The largest absolute Gasteiger partial charge is 0.376 e. The van der Waals surface area contributed by atoms with Crippen LogP contribution in [0.2, 0.25) is 0 Å². The summed E-state index contributed by atoms with van der Waals surface area (Å²) in [6, 6.07) is 0. The van der Waals surface area contributed by atoms with Gasteiger partial charge in [0.2, 0.25) is 0 Å². The zero-order valence-corrected chi connectivity index (χ0v) is 6.49. The Hall–Kier alpha value is -0.160. The van der Waals surface area contributed by atoms with Crippen LogP contribution in [0.3, 0.4) is 0 Å². The molecule has 66 valence electrons. The average Bonchev–Trinajstić information content (AvgIpc) is 2.03. The topological polar surface area (TPSA) is 61.7 Å². The van der Waals surface area contributed by atoms with Crippen molar-refractivity contribution in [2.75, 3.05) is 19.7 Å². The summed E-state index contributed by atoms with van der Waals surface area (Å²) in [5, 5.41) is 20.3. The molecule has 0 bridgehead atoms. The second-order valence-corrected chi connectivity index (χ2v) is 2.75. The van der Waals surface area contributed by atoms with E-state index in [1.165, 1.54) is 0 Å². The number of nitrogens with one attached hydrogen (secondary N) is 1. The van der Waals surface area contributed by atoms with Crippen LogP contribution in [-0.4, -0.2) is 42.3 Å². The van der Waals surface area contributed by atoms with E-state index in [0.29, 0.717) is 12.8 Å². The van der Waals surface area contributed by atoms with Gasteiger partial charge in [-0.2, -0.15) is 0 Å². The van der Waals surface area contributed by atoms with Gasteiger partial charge in [0.1, 0.15) is 0 Å². The van der Waals surface area contributed by atoms with Crippen molar-refractivity contribution in [1.82, 2.24) is 5.32 Å². The molecule has 1 saturated heterocycles. The van der Waals surface area contributed by atoms with Crippen LogP contribution in [0.15, 0.2) is 0 Å². The van der Waals surface area contributed by atoms with Gasteiger partial charge in [0.25, 0.3) is 0 Å². The van der Waals surface area contributed by atoms with Crippen molar-refractivity contribution in [3.8, 4) is 0 Å². The Balaban J connectivity index is 2.05. The monoisotopic (exact) mass is 161 g/mol. The van der Waals surface area contributed by atoms with E-state index >= 15 is 0 Å². The lowest BCUT2D eigenvalue weighted by Crippen LogP contribution is -2.38. The highest BCUT2D eigenvalue weighted by atomic mass is 16.5. The first-order chi connectivity index (χ1) is 5.29. The van der Waals surface area contributed by atoms with Crippen molar-refractivity contribution in [3.63, 3.8) is 0 Å². The van der Waals surface area contributed by atoms with Crippen molar-refractivity contribution < 1.29 is 14.9 Å². The predicted octanol–water partition coefficient (Wildman–Crippen LogP) is -0.934. The molecule has 4 nitrogen and oxygen atoms in total. The van der Waals surface area contributed by atoms with Gasteiger partial charge in [-0.15, -0.1) is 0 Å². The molecular formula is C7H15NO3. The zero-order valence-electron chi connectivity index (χ0n) is 6.49. The number of aliphatic hydroxyl groups excluding tert-OH is 1. The van der Waals surface area contributed by atoms with Crippen molar-refractivity contribution in [1.29, 1.82) is 0 Å². The third kappa shape index (κ3) is 3.67. The third-order valence-corrected chi connectivity index (χ3v) is 1.75. The SMILES string of the molecule is OC(O)CCC1CNCCO1. The first-order valence-corrected chi connectivity index (χ1v) is 3.97. The van der Waals surface area contributed by atoms with Gasteiger partial charge >= 0.3 is 0 Å². The lowest BCUT2D eigenvalue weighted by atomic mass is 10.2. The number of rotatable bonds is 3. The smallest absolute Gasteiger partial charge is 0.151 e. The number of hydrogen-bond donors (Lipinski definition) is 3. The molecule has 0 radical (unpaired) electrons. The normalized spacial score (nSPS) is 25.9. The minimum atomic E-state index is -1.19. The molecule has 0 spiro atoms. The van der Waals surface area contributed by atoms with E-state index in [4.69, 9.17) is 14.9 Å². The average molecular weight is 161 g/mol. The number of morpholine rings is 1. The molecule has 0 aliphatic carbocycles. The molecule has 1 aliphatic heterocycles. The van der Waals surface area contributed by atoms with E-state index in [1.54, 1.807) is 0 Å². The fourth-order valence-electron chi connectivity index (χ4n) is 1.14. The Morgan fingerprint density at radius 3 is 2.91 bits per heavy atom. The van der Waals surface area contributed by atoms with Gasteiger partial charge in [-0.05, 0) is 6.42 Å². The minimum Gasteiger partial charge on any atom is -0.376 e. The van der Waals surface area contributed by atoms with Crippen LogP contribution in [0.25, 0.3) is 0 Å². The van der Waals surface area contributed by atoms with Gasteiger partial charge in [-0.3, -0.25) is 0 Å². The van der Waals surface area contributed by atoms with Gasteiger partial charge in [-0.25, -0.2) is 0 Å². The summed E-state index contributed by atoms with van der Waals surface area (Å²) >= 11 is 0. The maximum Gasteiger partial charge on any atom is 0.151 e. The predicted molar refractivity (Wildman–Crippen MR) is 40.1 cm³/mol. The maximum atomic E-state index is 8.56. The van der Waals surface area contributed by atoms with Gasteiger partial charge in [0, 0.05) is 19.5 Å². The molecule has 4 heteroatoms. The summed E-state index contributed by atoms with van der Waals surface area (Å²) in [7, 11) is 0. The first kappa shape index (κ1) is 8.93. The Kier molecular flexibility index (Phi) is 3.79. The van der Waals surface area contributed by atoms with E-state index in [-0.39, 0.29) is 6.10 Å². The molecule has 3 N–H and O–H groups in total. The van der Waals surface area contributed by atoms with Gasteiger partial charge in [-0.1, -0.05) is 0 Å². The number of ether oxygens (including phenoxy) is 1. The molecule has 1 aliphatic rings. The minimum absolute atomic E-state index is 0.158. The summed E-state index contributed by atoms with van der Waals surface area (Å²) in [5.41, 5.74) is 0. The summed E-state index contributed by atoms with van der Waals surface area (Å²) in [6.07, 6.45) is 0.0721. The summed E-state index contributed by atoms with van der Waals surface area (Å²) in [5.74, 6) is 0. The van der Waals surface area contributed by atoms with Crippen molar-refractivity contribution >= 4 is 0 Å². The lowest BCUT2D eigenvalue weighted by molar-refractivity contribution is -0.0613. The van der Waals surface area contributed by atoms with Gasteiger partial charge in [0.15, 0.2) is 6.29 Å². The third-order valence-electron chi connectivity index (χ3n) is 1.75. The summed E-state index contributed by atoms with van der Waals surface area (Å²) in [4.78, 5) is 0. The lowest BCUT2D eigenvalue weighted by Gasteiger charge is -2.23. The quantitative estimate of drug-likeness (QED) is 0.468. The number of aliphatic hydroxyl groups is 2. The van der Waals surface area contributed by atoms with E-state index in [0.717, 1.165) is 19.7 Å². The van der Waals surface area contributed by atoms with Gasteiger partial charge < -0.3 is 20.3 Å². The van der Waals surface area contributed by atoms with E-state index < -0.39 is 6.29 Å². The number of hydrogen-bond acceptors (Lipinski definition) is 4. The van der Waals surface area contributed by atoms with Crippen LogP contribution in [0, 0.1) is 0 Å². The van der Waals surface area contributed by atoms with Crippen LogP contribution < -0.4 is 5.32 Å². The Bertz CT molecular complexity index is 102. The van der Waals surface area contributed by atoms with Crippen molar-refractivity contribution in [2.24, 2.45) is 0 Å². The Morgan fingerprint density at radius 1 is 1.55 bits per heavy atom. The van der Waals surface area contributed by atoms with Crippen LogP contribution in [-0.2, 0) is 4.74 Å². The fraction of sp³-hybridized carbons (Fsp3) is 1.00. The molecule has 0 aromatic carbocycles. The first-order valence-electron chi connectivity index (χ1n) is 3.97. The second kappa shape index (κ2) is 4.66. The Morgan fingerprint density at radius 2 is 2.36 bits per heavy atom. The Labute approximate surface area is 66.2 Å². The highest BCUT2D eigenvalue weighted by Gasteiger charge is 2.13.